The Labute approximate surface area is 87.1 Å². The quantitative estimate of drug-likeness (QED) is 0.473. The normalized spacial score (nSPS) is 14.3. The van der Waals surface area contributed by atoms with Gasteiger partial charge >= 0.3 is 5.71 Å². The van der Waals surface area contributed by atoms with E-state index in [1.54, 1.807) is 6.07 Å². The molecule has 4 nitrogen and oxygen atoms in total. The molecule has 1 aromatic rings. The molecule has 0 bridgehead atoms. The summed E-state index contributed by atoms with van der Waals surface area (Å²) in [5.74, 6) is 0.337. The van der Waals surface area contributed by atoms with Crippen molar-refractivity contribution in [3.8, 4) is 5.75 Å². The highest BCUT2D eigenvalue weighted by molar-refractivity contribution is 6.45. The van der Waals surface area contributed by atoms with Crippen LogP contribution in [0.3, 0.4) is 0 Å². The maximum atomic E-state index is 11.8. The molecule has 0 N–H and O–H groups in total. The van der Waals surface area contributed by atoms with Gasteiger partial charge in [-0.25, -0.2) is 0 Å². The lowest BCUT2D eigenvalue weighted by molar-refractivity contribution is -0.0132. The fraction of sp³-hybridized carbons (Fsp3) is 0.273. The molecule has 1 aliphatic heterocycles. The van der Waals surface area contributed by atoms with Gasteiger partial charge in [0.2, 0.25) is 0 Å². The lowest BCUT2D eigenvalue weighted by Gasteiger charge is -2.16. The third kappa shape index (κ3) is 1.45. The smallest absolute Gasteiger partial charge is 0.376 e. The number of nitrogens with zero attached hydrogens (tertiary/aromatic N) is 2. The topological polar surface area (TPSA) is 62.7 Å². The van der Waals surface area contributed by atoms with E-state index in [4.69, 9.17) is 10.3 Å². The number of hydrogen-bond acceptors (Lipinski definition) is 2. The van der Waals surface area contributed by atoms with Crippen molar-refractivity contribution in [1.29, 1.82) is 0 Å². The monoisotopic (exact) mass is 202 g/mol. The van der Waals surface area contributed by atoms with Crippen molar-refractivity contribution in [2.24, 2.45) is 0 Å². The van der Waals surface area contributed by atoms with Crippen LogP contribution in [0.4, 0.5) is 0 Å². The standard InChI is InChI=1S/C11H10N2O2/c1-6-3-7(2)11-8(4-6)10(14)9(13-12)5-15-11/h3-4H,5H2,1-2H3. The zero-order valence-corrected chi connectivity index (χ0v) is 8.57. The number of aryl methyl sites for hydroxylation is 2. The molecule has 0 fully saturated rings. The Morgan fingerprint density at radius 1 is 1.40 bits per heavy atom. The largest absolute Gasteiger partial charge is 0.480 e. The van der Waals surface area contributed by atoms with Gasteiger partial charge in [0.05, 0.1) is 5.56 Å². The molecule has 1 heterocycles. The maximum Gasteiger partial charge on any atom is 0.376 e. The first-order chi connectivity index (χ1) is 7.13. The van der Waals surface area contributed by atoms with E-state index in [1.165, 1.54) is 0 Å². The van der Waals surface area contributed by atoms with Crippen LogP contribution in [0.2, 0.25) is 0 Å². The van der Waals surface area contributed by atoms with Crippen molar-refractivity contribution in [3.05, 3.63) is 34.4 Å². The Morgan fingerprint density at radius 2 is 2.13 bits per heavy atom. The summed E-state index contributed by atoms with van der Waals surface area (Å²) in [4.78, 5) is 14.7. The van der Waals surface area contributed by atoms with Gasteiger partial charge in [0.1, 0.15) is 5.75 Å². The number of ketones is 1. The fourth-order valence-corrected chi connectivity index (χ4v) is 1.75. The number of hydrogen-bond donors (Lipinski definition) is 0. The number of fused-ring (bicyclic) bond motifs is 1. The summed E-state index contributed by atoms with van der Waals surface area (Å²) in [6.07, 6.45) is 0. The number of carbonyl (C=O) groups is 1. The highest BCUT2D eigenvalue weighted by atomic mass is 16.5. The summed E-state index contributed by atoms with van der Waals surface area (Å²) in [5.41, 5.74) is 11.1. The third-order valence-electron chi connectivity index (χ3n) is 2.40. The molecule has 1 aliphatic rings. The van der Waals surface area contributed by atoms with Crippen LogP contribution >= 0.6 is 0 Å². The molecule has 76 valence electrons. The van der Waals surface area contributed by atoms with Gasteiger partial charge in [0.15, 0.2) is 6.61 Å². The Bertz CT molecular complexity index is 500. The van der Waals surface area contributed by atoms with Crippen LogP contribution < -0.4 is 4.74 Å². The van der Waals surface area contributed by atoms with Crippen molar-refractivity contribution in [1.82, 2.24) is 0 Å². The number of Topliss-reactive ketones (excluding diaryl/α,β-unsaturated/α-hetero) is 1. The highest BCUT2D eigenvalue weighted by Crippen LogP contribution is 2.28. The SMILES string of the molecule is Cc1cc(C)c2c(c1)C(=O)C(=[N+]=[N-])CO2. The molecule has 0 spiro atoms. The minimum Gasteiger partial charge on any atom is -0.480 e. The summed E-state index contributed by atoms with van der Waals surface area (Å²) >= 11 is 0. The number of rotatable bonds is 0. The molecular formula is C11H10N2O2. The van der Waals surface area contributed by atoms with E-state index in [9.17, 15) is 4.79 Å². The molecule has 2 rings (SSSR count). The predicted octanol–water partition coefficient (Wildman–Crippen LogP) is 1.55. The Kier molecular flexibility index (Phi) is 2.14. The summed E-state index contributed by atoms with van der Waals surface area (Å²) < 4.78 is 5.37. The number of benzene rings is 1. The summed E-state index contributed by atoms with van der Waals surface area (Å²) in [5, 5.41) is 0. The van der Waals surface area contributed by atoms with Crippen molar-refractivity contribution >= 4 is 11.5 Å². The lowest BCUT2D eigenvalue weighted by Crippen LogP contribution is -2.29. The molecular weight excluding hydrogens is 192 g/mol. The van der Waals surface area contributed by atoms with Gasteiger partial charge in [-0.1, -0.05) is 6.07 Å². The van der Waals surface area contributed by atoms with E-state index < -0.39 is 0 Å². The minimum atomic E-state index is -0.259. The molecule has 0 atom stereocenters. The van der Waals surface area contributed by atoms with Gasteiger partial charge in [0, 0.05) is 0 Å². The second kappa shape index (κ2) is 3.33. The minimum absolute atomic E-state index is 0.0340. The molecule has 0 aliphatic carbocycles. The van der Waals surface area contributed by atoms with Crippen molar-refractivity contribution in [2.75, 3.05) is 6.61 Å². The van der Waals surface area contributed by atoms with Crippen LogP contribution in [0, 0.1) is 13.8 Å². The van der Waals surface area contributed by atoms with Gasteiger partial charge in [-0.3, -0.25) is 4.79 Å². The first-order valence-corrected chi connectivity index (χ1v) is 4.63. The number of ether oxygens (including phenoxy) is 1. The zero-order valence-electron chi connectivity index (χ0n) is 8.57. The highest BCUT2D eigenvalue weighted by Gasteiger charge is 2.32. The van der Waals surface area contributed by atoms with Crippen molar-refractivity contribution in [3.63, 3.8) is 0 Å². The average molecular weight is 202 g/mol. The van der Waals surface area contributed by atoms with E-state index in [-0.39, 0.29) is 18.1 Å². The lowest BCUT2D eigenvalue weighted by atomic mass is 9.98. The molecule has 1 aromatic carbocycles. The van der Waals surface area contributed by atoms with E-state index in [2.05, 4.69) is 4.79 Å². The van der Waals surface area contributed by atoms with Gasteiger partial charge in [-0.05, 0) is 31.0 Å². The summed E-state index contributed by atoms with van der Waals surface area (Å²) in [6.45, 7) is 3.83. The van der Waals surface area contributed by atoms with Gasteiger partial charge in [-0.2, -0.15) is 4.79 Å². The third-order valence-corrected chi connectivity index (χ3v) is 2.40. The van der Waals surface area contributed by atoms with Gasteiger partial charge in [0.25, 0.3) is 5.78 Å². The second-order valence-corrected chi connectivity index (χ2v) is 3.62. The zero-order chi connectivity index (χ0) is 11.0. The van der Waals surface area contributed by atoms with Crippen molar-refractivity contribution in [2.45, 2.75) is 13.8 Å². The van der Waals surface area contributed by atoms with Crippen LogP contribution in [-0.2, 0) is 0 Å². The molecule has 0 aromatic heterocycles. The Hall–Kier alpha value is -1.93. The molecule has 0 radical (unpaired) electrons. The van der Waals surface area contributed by atoms with E-state index in [1.807, 2.05) is 19.9 Å². The van der Waals surface area contributed by atoms with Crippen LogP contribution in [0.15, 0.2) is 12.1 Å². The van der Waals surface area contributed by atoms with Crippen molar-refractivity contribution < 1.29 is 14.3 Å². The maximum absolute atomic E-state index is 11.8. The van der Waals surface area contributed by atoms with E-state index >= 15 is 0 Å². The molecule has 0 amide bonds. The molecule has 4 heteroatoms. The van der Waals surface area contributed by atoms with E-state index in [0.29, 0.717) is 11.3 Å². The molecule has 15 heavy (non-hydrogen) atoms. The first-order valence-electron chi connectivity index (χ1n) is 4.63. The Morgan fingerprint density at radius 3 is 2.80 bits per heavy atom. The first kappa shape index (κ1) is 9.62. The second-order valence-electron chi connectivity index (χ2n) is 3.62. The summed E-state index contributed by atoms with van der Waals surface area (Å²) in [6, 6.07) is 3.70. The van der Waals surface area contributed by atoms with Crippen LogP contribution in [0.5, 0.6) is 5.75 Å². The number of carbonyl (C=O) groups excluding carboxylic acids is 1. The van der Waals surface area contributed by atoms with Crippen LogP contribution in [0.1, 0.15) is 21.5 Å². The van der Waals surface area contributed by atoms with Gasteiger partial charge in [-0.15, -0.1) is 0 Å². The van der Waals surface area contributed by atoms with E-state index in [0.717, 1.165) is 11.1 Å². The predicted molar refractivity (Wildman–Crippen MR) is 54.4 cm³/mol. The van der Waals surface area contributed by atoms with Crippen LogP contribution in [0.25, 0.3) is 5.53 Å². The summed E-state index contributed by atoms with van der Waals surface area (Å²) in [7, 11) is 0. The molecule has 0 unspecified atom stereocenters. The molecule has 0 saturated heterocycles. The fourth-order valence-electron chi connectivity index (χ4n) is 1.75. The van der Waals surface area contributed by atoms with Gasteiger partial charge < -0.3 is 10.3 Å². The van der Waals surface area contributed by atoms with Crippen LogP contribution in [-0.4, -0.2) is 22.9 Å². The molecule has 0 saturated carbocycles. The average Bonchev–Trinajstić information content (AvgIpc) is 2.19. The Balaban J connectivity index is 2.66.